The number of amides is 2. The molecule has 0 spiro atoms. The molecule has 242 valence electrons. The summed E-state index contributed by atoms with van der Waals surface area (Å²) in [5, 5.41) is 3.34. The molecular weight excluding hydrogens is 690 g/mol. The van der Waals surface area contributed by atoms with Gasteiger partial charge in [0.2, 0.25) is 11.8 Å². The minimum absolute atomic E-state index is 0.0319. The highest BCUT2D eigenvalue weighted by Gasteiger charge is 2.35. The second kappa shape index (κ2) is 16.1. The van der Waals surface area contributed by atoms with Gasteiger partial charge in [0.05, 0.1) is 17.2 Å². The summed E-state index contributed by atoms with van der Waals surface area (Å²) in [5.41, 5.74) is 1.89. The van der Waals surface area contributed by atoms with Crippen LogP contribution in [0.2, 0.25) is 5.02 Å². The van der Waals surface area contributed by atoms with Gasteiger partial charge in [-0.3, -0.25) is 13.9 Å². The van der Waals surface area contributed by atoms with Crippen molar-refractivity contribution in [2.75, 3.05) is 17.5 Å². The fourth-order valence-electron chi connectivity index (χ4n) is 4.90. The summed E-state index contributed by atoms with van der Waals surface area (Å²) in [5.74, 6) is -0.326. The maximum atomic E-state index is 14.5. The molecule has 1 atom stereocenters. The number of carbonyl (C=O) groups excluding carboxylic acids is 2. The lowest BCUT2D eigenvalue weighted by Crippen LogP contribution is -2.54. The summed E-state index contributed by atoms with van der Waals surface area (Å²) in [4.78, 5) is 29.7. The van der Waals surface area contributed by atoms with E-state index in [0.29, 0.717) is 17.4 Å². The van der Waals surface area contributed by atoms with Crippen molar-refractivity contribution >= 4 is 55.1 Å². The normalized spacial score (nSPS) is 12.0. The quantitative estimate of drug-likeness (QED) is 0.153. The zero-order valence-corrected chi connectivity index (χ0v) is 29.1. The van der Waals surface area contributed by atoms with E-state index in [1.807, 2.05) is 75.4 Å². The van der Waals surface area contributed by atoms with E-state index in [9.17, 15) is 18.0 Å². The van der Waals surface area contributed by atoms with Crippen molar-refractivity contribution in [2.45, 2.75) is 50.7 Å². The minimum Gasteiger partial charge on any atom is -0.494 e. The average Bonchev–Trinajstić information content (AvgIpc) is 3.02. The van der Waals surface area contributed by atoms with Crippen LogP contribution < -0.4 is 14.4 Å². The third kappa shape index (κ3) is 9.34. The molecule has 8 nitrogen and oxygen atoms in total. The Morgan fingerprint density at radius 1 is 0.891 bits per heavy atom. The molecule has 1 N–H and O–H groups in total. The molecule has 0 heterocycles. The fourth-order valence-corrected chi connectivity index (χ4v) is 6.89. The van der Waals surface area contributed by atoms with Gasteiger partial charge in [-0.2, -0.15) is 0 Å². The molecule has 4 aromatic rings. The van der Waals surface area contributed by atoms with E-state index in [-0.39, 0.29) is 35.5 Å². The number of hydrogen-bond acceptors (Lipinski definition) is 5. The first-order chi connectivity index (χ1) is 22.0. The summed E-state index contributed by atoms with van der Waals surface area (Å²) in [6.07, 6.45) is 0.228. The van der Waals surface area contributed by atoms with Crippen molar-refractivity contribution in [2.24, 2.45) is 0 Å². The number of nitrogens with one attached hydrogen (secondary N) is 1. The molecule has 46 heavy (non-hydrogen) atoms. The van der Waals surface area contributed by atoms with E-state index in [1.165, 1.54) is 29.2 Å². The molecule has 0 aliphatic carbocycles. The third-order valence-electron chi connectivity index (χ3n) is 7.06. The number of carbonyl (C=O) groups is 2. The Kier molecular flexibility index (Phi) is 12.3. The molecule has 0 unspecified atom stereocenters. The van der Waals surface area contributed by atoms with Crippen LogP contribution >= 0.6 is 27.5 Å². The van der Waals surface area contributed by atoms with Gasteiger partial charge in [-0.1, -0.05) is 70.0 Å². The smallest absolute Gasteiger partial charge is 0.264 e. The van der Waals surface area contributed by atoms with Crippen molar-refractivity contribution in [3.8, 4) is 5.75 Å². The monoisotopic (exact) mass is 725 g/mol. The highest BCUT2D eigenvalue weighted by Crippen LogP contribution is 2.28. The predicted molar refractivity (Wildman–Crippen MR) is 185 cm³/mol. The van der Waals surface area contributed by atoms with Crippen LogP contribution in [0.25, 0.3) is 0 Å². The van der Waals surface area contributed by atoms with Crippen LogP contribution in [0, 0.1) is 0 Å². The Morgan fingerprint density at radius 3 is 2.15 bits per heavy atom. The summed E-state index contributed by atoms with van der Waals surface area (Å²) >= 11 is 9.56. The molecule has 0 bridgehead atoms. The number of hydrogen-bond donors (Lipinski definition) is 1. The highest BCUT2D eigenvalue weighted by molar-refractivity contribution is 9.10. The summed E-state index contributed by atoms with van der Waals surface area (Å²) in [6, 6.07) is 28.0. The van der Waals surface area contributed by atoms with Gasteiger partial charge in [0.15, 0.2) is 0 Å². The van der Waals surface area contributed by atoms with E-state index in [2.05, 4.69) is 21.2 Å². The van der Waals surface area contributed by atoms with Gasteiger partial charge in [0.1, 0.15) is 18.3 Å². The Bertz CT molecular complexity index is 1720. The second-order valence-corrected chi connectivity index (χ2v) is 14.1. The van der Waals surface area contributed by atoms with Crippen molar-refractivity contribution in [1.82, 2.24) is 10.2 Å². The van der Waals surface area contributed by atoms with Crippen molar-refractivity contribution < 1.29 is 22.7 Å². The number of benzene rings is 4. The van der Waals surface area contributed by atoms with Gasteiger partial charge in [-0.05, 0) is 92.6 Å². The Morgan fingerprint density at radius 2 is 1.54 bits per heavy atom. The maximum absolute atomic E-state index is 14.5. The lowest BCUT2D eigenvalue weighted by molar-refractivity contribution is -0.140. The summed E-state index contributed by atoms with van der Waals surface area (Å²) in [6.45, 7) is 5.50. The molecule has 0 radical (unpaired) electrons. The molecule has 0 saturated heterocycles. The summed E-state index contributed by atoms with van der Waals surface area (Å²) in [7, 11) is -4.25. The molecule has 0 fully saturated rings. The van der Waals surface area contributed by atoms with Crippen molar-refractivity contribution in [1.29, 1.82) is 0 Å². The Hall–Kier alpha value is -3.86. The van der Waals surface area contributed by atoms with Crippen LogP contribution in [0.15, 0.2) is 112 Å². The van der Waals surface area contributed by atoms with Gasteiger partial charge in [-0.15, -0.1) is 0 Å². The summed E-state index contributed by atoms with van der Waals surface area (Å²) < 4.78 is 35.7. The largest absolute Gasteiger partial charge is 0.494 e. The van der Waals surface area contributed by atoms with Gasteiger partial charge < -0.3 is 15.0 Å². The average molecular weight is 727 g/mol. The van der Waals surface area contributed by atoms with Crippen LogP contribution in [0.5, 0.6) is 5.75 Å². The van der Waals surface area contributed by atoms with Crippen LogP contribution in [0.4, 0.5) is 5.69 Å². The first-order valence-corrected chi connectivity index (χ1v) is 17.5. The zero-order chi connectivity index (χ0) is 33.3. The molecule has 2 amide bonds. The lowest BCUT2D eigenvalue weighted by atomic mass is 10.0. The van der Waals surface area contributed by atoms with E-state index < -0.39 is 28.5 Å². The SMILES string of the molecule is CCOc1ccc(N(CC(=O)N(Cc2cccc(Br)c2)[C@@H](Cc2ccccc2)C(=O)NC(C)C)S(=O)(=O)c2ccc(Cl)cc2)cc1. The number of anilines is 1. The number of sulfonamides is 1. The van der Waals surface area contributed by atoms with Crippen LogP contribution in [0.1, 0.15) is 31.9 Å². The van der Waals surface area contributed by atoms with E-state index >= 15 is 0 Å². The number of rotatable bonds is 14. The second-order valence-electron chi connectivity index (χ2n) is 10.9. The number of nitrogens with zero attached hydrogens (tertiary/aromatic N) is 2. The fraction of sp³-hybridized carbons (Fsp3) is 0.257. The maximum Gasteiger partial charge on any atom is 0.264 e. The van der Waals surface area contributed by atoms with E-state index in [0.717, 1.165) is 19.9 Å². The van der Waals surface area contributed by atoms with Gasteiger partial charge in [0.25, 0.3) is 10.0 Å². The topological polar surface area (TPSA) is 96.0 Å². The van der Waals surface area contributed by atoms with Crippen LogP contribution in [-0.4, -0.2) is 50.4 Å². The molecular formula is C35H37BrClN3O5S. The van der Waals surface area contributed by atoms with Crippen LogP contribution in [0.3, 0.4) is 0 Å². The highest BCUT2D eigenvalue weighted by atomic mass is 79.9. The van der Waals surface area contributed by atoms with Crippen LogP contribution in [-0.2, 0) is 32.6 Å². The standard InChI is InChI=1S/C35H37BrClN3O5S/c1-4-45-31-17-15-30(16-18-31)40(46(43,44)32-19-13-29(37)14-20-32)24-34(41)39(23-27-11-8-12-28(36)21-27)33(35(42)38-25(2)3)22-26-9-6-5-7-10-26/h5-21,25,33H,4,22-24H2,1-3H3,(H,38,42)/t33-/m0/s1. The third-order valence-corrected chi connectivity index (χ3v) is 9.59. The first-order valence-electron chi connectivity index (χ1n) is 14.9. The van der Waals surface area contributed by atoms with Gasteiger partial charge in [0, 0.05) is 28.5 Å². The lowest BCUT2D eigenvalue weighted by Gasteiger charge is -2.34. The molecule has 0 aromatic heterocycles. The Labute approximate surface area is 284 Å². The molecule has 11 heteroatoms. The Balaban J connectivity index is 1.80. The molecule has 4 rings (SSSR count). The zero-order valence-electron chi connectivity index (χ0n) is 25.9. The molecule has 0 aliphatic heterocycles. The van der Waals surface area contributed by atoms with Gasteiger partial charge >= 0.3 is 0 Å². The number of halogens is 2. The minimum atomic E-state index is -4.25. The van der Waals surface area contributed by atoms with E-state index in [1.54, 1.807) is 24.3 Å². The molecule has 0 aliphatic rings. The molecule has 0 saturated carbocycles. The number of ether oxygens (including phenoxy) is 1. The van der Waals surface area contributed by atoms with Crippen molar-refractivity contribution in [3.05, 3.63) is 124 Å². The van der Waals surface area contributed by atoms with E-state index in [4.69, 9.17) is 16.3 Å². The van der Waals surface area contributed by atoms with Gasteiger partial charge in [-0.25, -0.2) is 8.42 Å². The first kappa shape index (κ1) is 35.0. The van der Waals surface area contributed by atoms with Crippen molar-refractivity contribution in [3.63, 3.8) is 0 Å². The molecule has 4 aromatic carbocycles. The predicted octanol–water partition coefficient (Wildman–Crippen LogP) is 6.86.